The van der Waals surface area contributed by atoms with Gasteiger partial charge in [0.2, 0.25) is 0 Å². The van der Waals surface area contributed by atoms with Crippen molar-refractivity contribution in [2.45, 2.75) is 30.8 Å². The summed E-state index contributed by atoms with van der Waals surface area (Å²) in [7, 11) is 2.07. The molecule has 2 aliphatic carbocycles. The van der Waals surface area contributed by atoms with E-state index in [1.807, 2.05) is 0 Å². The van der Waals surface area contributed by atoms with Gasteiger partial charge in [-0.05, 0) is 42.2 Å². The van der Waals surface area contributed by atoms with Crippen LogP contribution in [0.5, 0.6) is 0 Å². The third-order valence-corrected chi connectivity index (χ3v) is 4.87. The zero-order chi connectivity index (χ0) is 13.5. The molecular weight excluding hydrogens is 244 g/mol. The van der Waals surface area contributed by atoms with Crippen LogP contribution in [0.2, 0.25) is 0 Å². The summed E-state index contributed by atoms with van der Waals surface area (Å²) < 4.78 is 0. The Balaban J connectivity index is 1.74. The summed E-state index contributed by atoms with van der Waals surface area (Å²) in [6.45, 7) is 0. The third kappa shape index (κ3) is 1.68. The average molecular weight is 264 g/mol. The van der Waals surface area contributed by atoms with Crippen molar-refractivity contribution in [3.63, 3.8) is 0 Å². The van der Waals surface area contributed by atoms with E-state index in [9.17, 15) is 0 Å². The second-order valence-electron chi connectivity index (χ2n) is 5.86. The lowest BCUT2D eigenvalue weighted by molar-refractivity contribution is 0.562. The van der Waals surface area contributed by atoms with E-state index < -0.39 is 0 Å². The highest BCUT2D eigenvalue weighted by Crippen LogP contribution is 2.47. The van der Waals surface area contributed by atoms with Crippen molar-refractivity contribution in [2.75, 3.05) is 7.05 Å². The minimum absolute atomic E-state index is 0.482. The maximum Gasteiger partial charge on any atom is 0.0546 e. The molecule has 2 nitrogen and oxygen atoms in total. The van der Waals surface area contributed by atoms with Crippen LogP contribution >= 0.6 is 0 Å². The lowest BCUT2D eigenvalue weighted by Gasteiger charge is -2.20. The van der Waals surface area contributed by atoms with Crippen LogP contribution in [0.3, 0.4) is 0 Å². The summed E-state index contributed by atoms with van der Waals surface area (Å²) in [5.41, 5.74) is 5.95. The summed E-state index contributed by atoms with van der Waals surface area (Å²) in [4.78, 5) is 0. The summed E-state index contributed by atoms with van der Waals surface area (Å²) >= 11 is 0. The molecule has 1 heterocycles. The molecule has 0 saturated heterocycles. The molecule has 3 atom stereocenters. The molecule has 0 fully saturated rings. The van der Waals surface area contributed by atoms with E-state index in [4.69, 9.17) is 0 Å². The first kappa shape index (κ1) is 12.0. The van der Waals surface area contributed by atoms with Crippen molar-refractivity contribution in [1.82, 2.24) is 10.6 Å². The fourth-order valence-corrected chi connectivity index (χ4v) is 3.86. The van der Waals surface area contributed by atoms with E-state index in [2.05, 4.69) is 66.4 Å². The number of rotatable bonds is 2. The van der Waals surface area contributed by atoms with Crippen LogP contribution in [0.4, 0.5) is 0 Å². The first-order valence-electron chi connectivity index (χ1n) is 7.48. The summed E-state index contributed by atoms with van der Waals surface area (Å²) in [5, 5.41) is 7.01. The Morgan fingerprint density at radius 1 is 1.15 bits per heavy atom. The smallest absolute Gasteiger partial charge is 0.0546 e. The predicted molar refractivity (Wildman–Crippen MR) is 82.4 cm³/mol. The molecule has 102 valence electrons. The summed E-state index contributed by atoms with van der Waals surface area (Å²) in [6, 6.07) is 9.86. The highest BCUT2D eigenvalue weighted by molar-refractivity contribution is 5.54. The van der Waals surface area contributed by atoms with Crippen molar-refractivity contribution in [3.05, 3.63) is 71.0 Å². The standard InChI is InChI=1S/C18H20N2/c1-19-18-10-15(12-6-2-3-7-13(12)18)16-11-20-17-9-5-4-8-14(16)17/h2-8,11,15,17-20H,9-10H2,1H3/t15-,17?,18-/m1/s1. The van der Waals surface area contributed by atoms with E-state index in [1.54, 1.807) is 0 Å². The number of fused-ring (bicyclic) bond motifs is 2. The van der Waals surface area contributed by atoms with Crippen LogP contribution < -0.4 is 10.6 Å². The molecule has 1 aliphatic heterocycles. The van der Waals surface area contributed by atoms with Gasteiger partial charge in [0.1, 0.15) is 0 Å². The van der Waals surface area contributed by atoms with Gasteiger partial charge in [-0.3, -0.25) is 0 Å². The van der Waals surface area contributed by atoms with Crippen LogP contribution in [0.25, 0.3) is 0 Å². The molecule has 0 spiro atoms. The van der Waals surface area contributed by atoms with Crippen molar-refractivity contribution < 1.29 is 0 Å². The number of nitrogens with one attached hydrogen (secondary N) is 2. The van der Waals surface area contributed by atoms with Gasteiger partial charge in [-0.1, -0.05) is 42.5 Å². The molecule has 2 N–H and O–H groups in total. The maximum atomic E-state index is 3.55. The van der Waals surface area contributed by atoms with Gasteiger partial charge < -0.3 is 10.6 Å². The third-order valence-electron chi connectivity index (χ3n) is 4.87. The Kier molecular flexibility index (Phi) is 2.78. The number of allylic oxidation sites excluding steroid dienone is 2. The van der Waals surface area contributed by atoms with Crippen molar-refractivity contribution in [2.24, 2.45) is 0 Å². The number of hydrogen-bond acceptors (Lipinski definition) is 2. The number of benzene rings is 1. The molecule has 0 amide bonds. The van der Waals surface area contributed by atoms with E-state index in [-0.39, 0.29) is 0 Å². The van der Waals surface area contributed by atoms with Crippen LogP contribution in [0, 0.1) is 0 Å². The Morgan fingerprint density at radius 3 is 2.85 bits per heavy atom. The molecule has 4 rings (SSSR count). The molecule has 0 aromatic heterocycles. The highest BCUT2D eigenvalue weighted by Gasteiger charge is 2.36. The fourth-order valence-electron chi connectivity index (χ4n) is 3.86. The lowest BCUT2D eigenvalue weighted by Crippen LogP contribution is -2.21. The van der Waals surface area contributed by atoms with Gasteiger partial charge in [-0.2, -0.15) is 0 Å². The fraction of sp³-hybridized carbons (Fsp3) is 0.333. The Labute approximate surface area is 120 Å². The van der Waals surface area contributed by atoms with Crippen molar-refractivity contribution >= 4 is 0 Å². The molecule has 20 heavy (non-hydrogen) atoms. The van der Waals surface area contributed by atoms with Gasteiger partial charge in [0.15, 0.2) is 0 Å². The molecule has 0 saturated carbocycles. The summed E-state index contributed by atoms with van der Waals surface area (Å²) in [6.07, 6.45) is 11.3. The second-order valence-corrected chi connectivity index (χ2v) is 5.86. The Morgan fingerprint density at radius 2 is 2.00 bits per heavy atom. The van der Waals surface area contributed by atoms with Gasteiger partial charge in [-0.15, -0.1) is 0 Å². The van der Waals surface area contributed by atoms with Gasteiger partial charge in [0.05, 0.1) is 6.04 Å². The molecule has 0 radical (unpaired) electrons. The summed E-state index contributed by atoms with van der Waals surface area (Å²) in [5.74, 6) is 0.527. The highest BCUT2D eigenvalue weighted by atomic mass is 14.9. The van der Waals surface area contributed by atoms with E-state index in [0.717, 1.165) is 12.8 Å². The minimum atomic E-state index is 0.482. The van der Waals surface area contributed by atoms with Gasteiger partial charge in [-0.25, -0.2) is 0 Å². The minimum Gasteiger partial charge on any atom is -0.384 e. The monoisotopic (exact) mass is 264 g/mol. The molecule has 1 aromatic carbocycles. The number of hydrogen-bond donors (Lipinski definition) is 2. The largest absolute Gasteiger partial charge is 0.384 e. The van der Waals surface area contributed by atoms with Gasteiger partial charge in [0.25, 0.3) is 0 Å². The average Bonchev–Trinajstić information content (AvgIpc) is 3.08. The van der Waals surface area contributed by atoms with Crippen LogP contribution in [-0.2, 0) is 0 Å². The molecular formula is C18H20N2. The maximum absolute atomic E-state index is 3.55. The molecule has 1 unspecified atom stereocenters. The second kappa shape index (κ2) is 4.64. The van der Waals surface area contributed by atoms with Crippen LogP contribution in [0.1, 0.15) is 35.9 Å². The van der Waals surface area contributed by atoms with E-state index in [0.29, 0.717) is 18.0 Å². The zero-order valence-electron chi connectivity index (χ0n) is 11.8. The Bertz CT molecular complexity index is 624. The van der Waals surface area contributed by atoms with E-state index >= 15 is 0 Å². The normalized spacial score (nSPS) is 30.4. The van der Waals surface area contributed by atoms with E-state index in [1.165, 1.54) is 22.3 Å². The molecule has 2 heteroatoms. The molecule has 0 bridgehead atoms. The van der Waals surface area contributed by atoms with Gasteiger partial charge in [0, 0.05) is 18.2 Å². The van der Waals surface area contributed by atoms with Crippen LogP contribution in [0.15, 0.2) is 59.8 Å². The van der Waals surface area contributed by atoms with Crippen LogP contribution in [-0.4, -0.2) is 13.1 Å². The van der Waals surface area contributed by atoms with Crippen molar-refractivity contribution in [3.8, 4) is 0 Å². The quantitative estimate of drug-likeness (QED) is 0.857. The topological polar surface area (TPSA) is 24.1 Å². The molecule has 1 aromatic rings. The van der Waals surface area contributed by atoms with Crippen molar-refractivity contribution in [1.29, 1.82) is 0 Å². The Hall–Kier alpha value is -1.80. The van der Waals surface area contributed by atoms with Gasteiger partial charge >= 0.3 is 0 Å². The molecule has 3 aliphatic rings. The lowest BCUT2D eigenvalue weighted by atomic mass is 9.85. The SMILES string of the molecule is CN[C@@H]1C[C@@H](C2=CNC3CC=CC=C23)c2ccccc21. The first-order valence-corrected chi connectivity index (χ1v) is 7.48. The predicted octanol–water partition coefficient (Wildman–Crippen LogP) is 3.18. The zero-order valence-corrected chi connectivity index (χ0v) is 11.8. The first-order chi connectivity index (χ1) is 9.88.